The third-order valence-corrected chi connectivity index (χ3v) is 5.16. The molecule has 1 aliphatic rings. The van der Waals surface area contributed by atoms with Gasteiger partial charge < -0.3 is 9.47 Å². The monoisotopic (exact) mass is 285 g/mol. The third kappa shape index (κ3) is 2.67. The van der Waals surface area contributed by atoms with Crippen molar-refractivity contribution >= 4 is 10.0 Å². The lowest BCUT2D eigenvalue weighted by molar-refractivity contribution is -0.133. The Morgan fingerprint density at radius 1 is 1.37 bits per heavy atom. The molecular formula is C13H19NO4S. The van der Waals surface area contributed by atoms with Crippen LogP contribution in [0, 0.1) is 6.92 Å². The Hall–Kier alpha value is -0.950. The summed E-state index contributed by atoms with van der Waals surface area (Å²) in [6, 6.07) is 6.61. The second-order valence-electron chi connectivity index (χ2n) is 4.59. The van der Waals surface area contributed by atoms with Gasteiger partial charge in [0.15, 0.2) is 0 Å². The number of aryl methyl sites for hydroxylation is 1. The standard InChI is InChI=1S/C13H19NO4S/c1-4-11-9-18-13(17-3)14(11)19(15,16)12-7-5-10(2)6-8-12/h5-8,11,13H,4,9H2,1-3H3/t11-,13+/m1/s1. The molecule has 106 valence electrons. The quantitative estimate of drug-likeness (QED) is 0.845. The van der Waals surface area contributed by atoms with Crippen LogP contribution in [-0.4, -0.2) is 38.9 Å². The molecule has 0 radical (unpaired) electrons. The van der Waals surface area contributed by atoms with E-state index < -0.39 is 16.4 Å². The Morgan fingerprint density at radius 2 is 2.00 bits per heavy atom. The summed E-state index contributed by atoms with van der Waals surface area (Å²) in [6.45, 7) is 4.21. The van der Waals surface area contributed by atoms with E-state index in [1.165, 1.54) is 11.4 Å². The van der Waals surface area contributed by atoms with E-state index in [1.54, 1.807) is 24.3 Å². The van der Waals surface area contributed by atoms with Gasteiger partial charge in [-0.05, 0) is 25.5 Å². The van der Waals surface area contributed by atoms with Gasteiger partial charge in [-0.1, -0.05) is 24.6 Å². The van der Waals surface area contributed by atoms with E-state index in [0.717, 1.165) is 5.56 Å². The van der Waals surface area contributed by atoms with E-state index in [4.69, 9.17) is 9.47 Å². The first-order valence-electron chi connectivity index (χ1n) is 6.25. The number of hydrogen-bond donors (Lipinski definition) is 0. The number of nitrogens with zero attached hydrogens (tertiary/aromatic N) is 1. The van der Waals surface area contributed by atoms with Crippen LogP contribution in [0.2, 0.25) is 0 Å². The second kappa shape index (κ2) is 5.58. The first kappa shape index (κ1) is 14.5. The molecule has 5 nitrogen and oxygen atoms in total. The second-order valence-corrected chi connectivity index (χ2v) is 6.43. The highest BCUT2D eigenvalue weighted by Crippen LogP contribution is 2.28. The van der Waals surface area contributed by atoms with Gasteiger partial charge >= 0.3 is 0 Å². The summed E-state index contributed by atoms with van der Waals surface area (Å²) in [5, 5.41) is 0. The zero-order valence-corrected chi connectivity index (χ0v) is 12.2. The van der Waals surface area contributed by atoms with Gasteiger partial charge in [0.25, 0.3) is 0 Å². The number of rotatable bonds is 4. The van der Waals surface area contributed by atoms with E-state index in [9.17, 15) is 8.42 Å². The minimum Gasteiger partial charge on any atom is -0.342 e. The SMILES string of the molecule is CC[C@@H]1CO[C@H](OC)N1S(=O)(=O)c1ccc(C)cc1. The third-order valence-electron chi connectivity index (χ3n) is 3.27. The number of methoxy groups -OCH3 is 1. The Kier molecular flexibility index (Phi) is 4.25. The van der Waals surface area contributed by atoms with E-state index >= 15 is 0 Å². The fourth-order valence-corrected chi connectivity index (χ4v) is 3.82. The molecule has 1 aromatic rings. The summed E-state index contributed by atoms with van der Waals surface area (Å²) < 4.78 is 37.1. The summed E-state index contributed by atoms with van der Waals surface area (Å²) in [5.41, 5.74) is 1.02. The molecule has 1 heterocycles. The summed E-state index contributed by atoms with van der Waals surface area (Å²) in [5.74, 6) is 0. The van der Waals surface area contributed by atoms with Gasteiger partial charge in [-0.2, -0.15) is 0 Å². The van der Waals surface area contributed by atoms with Crippen LogP contribution < -0.4 is 0 Å². The molecular weight excluding hydrogens is 266 g/mol. The van der Waals surface area contributed by atoms with Crippen molar-refractivity contribution in [3.63, 3.8) is 0 Å². The fourth-order valence-electron chi connectivity index (χ4n) is 2.12. The predicted molar refractivity (Wildman–Crippen MR) is 71.0 cm³/mol. The summed E-state index contributed by atoms with van der Waals surface area (Å²) in [7, 11) is -2.15. The maximum atomic E-state index is 12.7. The molecule has 0 aliphatic carbocycles. The molecule has 0 saturated carbocycles. The minimum atomic E-state index is -3.59. The molecule has 1 fully saturated rings. The lowest BCUT2D eigenvalue weighted by atomic mass is 10.2. The number of sulfonamides is 1. The zero-order valence-electron chi connectivity index (χ0n) is 11.4. The van der Waals surface area contributed by atoms with Crippen molar-refractivity contribution in [3.05, 3.63) is 29.8 Å². The summed E-state index contributed by atoms with van der Waals surface area (Å²) in [6.07, 6.45) is -0.151. The van der Waals surface area contributed by atoms with Crippen LogP contribution in [-0.2, 0) is 19.5 Å². The minimum absolute atomic E-state index is 0.184. The topological polar surface area (TPSA) is 55.8 Å². The van der Waals surface area contributed by atoms with E-state index in [1.807, 2.05) is 13.8 Å². The molecule has 0 aromatic heterocycles. The average molecular weight is 285 g/mol. The largest absolute Gasteiger partial charge is 0.342 e. The van der Waals surface area contributed by atoms with Crippen molar-refractivity contribution in [1.29, 1.82) is 0 Å². The number of benzene rings is 1. The summed E-state index contributed by atoms with van der Waals surface area (Å²) >= 11 is 0. The lowest BCUT2D eigenvalue weighted by Gasteiger charge is -2.25. The Morgan fingerprint density at radius 3 is 2.53 bits per heavy atom. The van der Waals surface area contributed by atoms with Crippen LogP contribution >= 0.6 is 0 Å². The van der Waals surface area contributed by atoms with Gasteiger partial charge in [0.2, 0.25) is 16.4 Å². The molecule has 0 N–H and O–H groups in total. The van der Waals surface area contributed by atoms with Crippen molar-refractivity contribution in [2.75, 3.05) is 13.7 Å². The Labute approximate surface area is 114 Å². The number of hydrogen-bond acceptors (Lipinski definition) is 4. The van der Waals surface area contributed by atoms with Gasteiger partial charge in [0.1, 0.15) is 0 Å². The van der Waals surface area contributed by atoms with Crippen molar-refractivity contribution in [1.82, 2.24) is 4.31 Å². The summed E-state index contributed by atoms with van der Waals surface area (Å²) in [4.78, 5) is 0.268. The molecule has 0 unspecified atom stereocenters. The molecule has 2 atom stereocenters. The molecule has 1 saturated heterocycles. The molecule has 0 bridgehead atoms. The lowest BCUT2D eigenvalue weighted by Crippen LogP contribution is -2.42. The van der Waals surface area contributed by atoms with Crippen LogP contribution in [0.15, 0.2) is 29.2 Å². The molecule has 0 amide bonds. The van der Waals surface area contributed by atoms with Crippen molar-refractivity contribution in [2.24, 2.45) is 0 Å². The molecule has 1 aliphatic heterocycles. The maximum Gasteiger partial charge on any atom is 0.247 e. The van der Waals surface area contributed by atoms with Crippen LogP contribution in [0.3, 0.4) is 0 Å². The van der Waals surface area contributed by atoms with Crippen LogP contribution in [0.4, 0.5) is 0 Å². The molecule has 0 spiro atoms. The van der Waals surface area contributed by atoms with Crippen LogP contribution in [0.25, 0.3) is 0 Å². The zero-order chi connectivity index (χ0) is 14.0. The highest BCUT2D eigenvalue weighted by molar-refractivity contribution is 7.89. The average Bonchev–Trinajstić information content (AvgIpc) is 2.82. The molecule has 2 rings (SSSR count). The smallest absolute Gasteiger partial charge is 0.247 e. The molecule has 1 aromatic carbocycles. The van der Waals surface area contributed by atoms with Gasteiger partial charge in [0.05, 0.1) is 17.5 Å². The van der Waals surface area contributed by atoms with Gasteiger partial charge in [0, 0.05) is 7.11 Å². The number of ether oxygens (including phenoxy) is 2. The van der Waals surface area contributed by atoms with Crippen molar-refractivity contribution < 1.29 is 17.9 Å². The molecule has 19 heavy (non-hydrogen) atoms. The molecule has 6 heteroatoms. The first-order valence-corrected chi connectivity index (χ1v) is 7.69. The van der Waals surface area contributed by atoms with Crippen LogP contribution in [0.5, 0.6) is 0 Å². The van der Waals surface area contributed by atoms with Gasteiger partial charge in [-0.25, -0.2) is 8.42 Å². The highest BCUT2D eigenvalue weighted by atomic mass is 32.2. The Bertz CT molecular complexity index is 514. The van der Waals surface area contributed by atoms with Crippen molar-refractivity contribution in [3.8, 4) is 0 Å². The fraction of sp³-hybridized carbons (Fsp3) is 0.538. The van der Waals surface area contributed by atoms with Crippen molar-refractivity contribution in [2.45, 2.75) is 37.6 Å². The predicted octanol–water partition coefficient (Wildman–Crippen LogP) is 1.72. The van der Waals surface area contributed by atoms with E-state index in [0.29, 0.717) is 13.0 Å². The first-order chi connectivity index (χ1) is 9.00. The van der Waals surface area contributed by atoms with Crippen LogP contribution in [0.1, 0.15) is 18.9 Å². The van der Waals surface area contributed by atoms with Gasteiger partial charge in [-0.15, -0.1) is 4.31 Å². The highest BCUT2D eigenvalue weighted by Gasteiger charge is 2.42. The van der Waals surface area contributed by atoms with E-state index in [2.05, 4.69) is 0 Å². The Balaban J connectivity index is 2.39. The maximum absolute atomic E-state index is 12.7. The van der Waals surface area contributed by atoms with Gasteiger partial charge in [-0.3, -0.25) is 0 Å². The van der Waals surface area contributed by atoms with E-state index in [-0.39, 0.29) is 10.9 Å². The normalized spacial score (nSPS) is 24.8.